The highest BCUT2D eigenvalue weighted by Gasteiger charge is 2.37. The highest BCUT2D eigenvalue weighted by atomic mass is 16.5. The molecule has 0 saturated heterocycles. The second-order valence-electron chi connectivity index (χ2n) is 23.9. The van der Waals surface area contributed by atoms with Crippen LogP contribution in [0.1, 0.15) is 119 Å². The lowest BCUT2D eigenvalue weighted by molar-refractivity contribution is 0.418. The summed E-state index contributed by atoms with van der Waals surface area (Å²) < 4.78 is 14.0. The summed E-state index contributed by atoms with van der Waals surface area (Å²) in [6.07, 6.45) is 5.54. The van der Waals surface area contributed by atoms with Gasteiger partial charge in [0.1, 0.15) is 17.1 Å². The van der Waals surface area contributed by atoms with Crippen molar-refractivity contribution in [3.05, 3.63) is 275 Å². The largest absolute Gasteiger partial charge is 0.459 e. The molecular weight excluding hydrogens is 973 g/mol. The van der Waals surface area contributed by atoms with Gasteiger partial charge in [-0.1, -0.05) is 219 Å². The minimum Gasteiger partial charge on any atom is -0.459 e. The highest BCUT2D eigenvalue weighted by molar-refractivity contribution is 6.29. The summed E-state index contributed by atoms with van der Waals surface area (Å²) in [5.41, 5.74) is 16.7. The molecule has 1 aliphatic carbocycles. The summed E-state index contributed by atoms with van der Waals surface area (Å²) in [5.74, 6) is 2.49. The third-order valence-corrected chi connectivity index (χ3v) is 17.9. The highest BCUT2D eigenvalue weighted by Crippen LogP contribution is 2.54. The molecule has 1 aliphatic heterocycles. The predicted molar refractivity (Wildman–Crippen MR) is 337 cm³/mol. The zero-order valence-electron chi connectivity index (χ0n) is 47.0. The van der Waals surface area contributed by atoms with E-state index in [-0.39, 0.29) is 28.6 Å². The van der Waals surface area contributed by atoms with Crippen LogP contribution in [0, 0.1) is 0 Å². The fraction of sp³-hybridized carbons (Fsp3) is 0.184. The quantitative estimate of drug-likeness (QED) is 0.114. The average Bonchev–Trinajstić information content (AvgIpc) is 4.20. The molecule has 0 N–H and O–H groups in total. The number of hydrogen-bond acceptors (Lipinski definition) is 4. The number of benzene rings is 11. The molecule has 1 aromatic heterocycles. The SMILES string of the molecule is CC(C)c1cc(N(C2=C3Oc4ccccc4C3CC=C2)c2ccc(C(C)(C)c3ccccc3)cc2)c2ccc3c(C(C)C)cc(N(c4ccc(C(C)(C)c5ccccc5)cc4)c4cccc5c4oc4ccccc45)c4ccc1c2c34. The van der Waals surface area contributed by atoms with Crippen LogP contribution < -0.4 is 14.5 Å². The van der Waals surface area contributed by atoms with Crippen LogP contribution in [0.2, 0.25) is 0 Å². The number of ether oxygens (including phenoxy) is 1. The molecule has 4 nitrogen and oxygen atoms in total. The molecule has 11 aromatic carbocycles. The van der Waals surface area contributed by atoms with Crippen LogP contribution in [0.5, 0.6) is 5.75 Å². The fourth-order valence-corrected chi connectivity index (χ4v) is 13.4. The van der Waals surface area contributed by atoms with Gasteiger partial charge in [-0.15, -0.1) is 0 Å². The van der Waals surface area contributed by atoms with Gasteiger partial charge in [0.2, 0.25) is 0 Å². The first-order chi connectivity index (χ1) is 38.9. The molecule has 0 bridgehead atoms. The Kier molecular flexibility index (Phi) is 11.7. The van der Waals surface area contributed by atoms with Crippen molar-refractivity contribution >= 4 is 82.7 Å². The van der Waals surface area contributed by atoms with E-state index in [0.717, 1.165) is 74.0 Å². The molecule has 0 fully saturated rings. The molecule has 12 aromatic rings. The van der Waals surface area contributed by atoms with Crippen molar-refractivity contribution in [1.82, 2.24) is 0 Å². The van der Waals surface area contributed by atoms with Gasteiger partial charge in [0.05, 0.1) is 28.7 Å². The maximum Gasteiger partial charge on any atom is 0.159 e. The van der Waals surface area contributed by atoms with E-state index in [9.17, 15) is 0 Å². The first-order valence-corrected chi connectivity index (χ1v) is 28.6. The first-order valence-electron chi connectivity index (χ1n) is 28.6. The summed E-state index contributed by atoms with van der Waals surface area (Å²) in [7, 11) is 0. The number of allylic oxidation sites excluding steroid dienone is 3. The minimum absolute atomic E-state index is 0.117. The van der Waals surface area contributed by atoms with Gasteiger partial charge in [0.25, 0.3) is 0 Å². The van der Waals surface area contributed by atoms with Crippen molar-refractivity contribution in [3.63, 3.8) is 0 Å². The zero-order chi connectivity index (χ0) is 54.6. The molecule has 80 heavy (non-hydrogen) atoms. The van der Waals surface area contributed by atoms with E-state index >= 15 is 0 Å². The molecule has 4 heteroatoms. The molecular formula is C76H66N2O2. The Balaban J connectivity index is 1.04. The van der Waals surface area contributed by atoms with Crippen molar-refractivity contribution in [3.8, 4) is 5.75 Å². The van der Waals surface area contributed by atoms with Crippen LogP contribution in [0.3, 0.4) is 0 Å². The Labute approximate surface area is 470 Å². The molecule has 1 unspecified atom stereocenters. The van der Waals surface area contributed by atoms with E-state index in [0.29, 0.717) is 0 Å². The molecule has 0 spiro atoms. The Morgan fingerprint density at radius 3 is 1.51 bits per heavy atom. The van der Waals surface area contributed by atoms with Crippen molar-refractivity contribution < 1.29 is 9.15 Å². The third-order valence-electron chi connectivity index (χ3n) is 17.9. The van der Waals surface area contributed by atoms with Crippen molar-refractivity contribution in [2.75, 3.05) is 9.80 Å². The standard InChI is InChI=1S/C76H66N2O2/c1-47(2)63-45-67(77(65-29-19-27-59-55-25-15-17-31-69(55)79-73(59)65)53-37-33-51(34-38-53)75(5,6)49-21-11-9-12-22-49)61-44-42-58-64(48(3)4)46-68(62-43-41-57(63)71(61)72(58)62)78(66-30-20-28-60-56-26-16-18-32-70(56)80-74(60)66)54-39-35-52(36-40-54)76(7,8)50-23-13-10-14-24-50/h9-27,29-48,60H,28H2,1-8H3. The van der Waals surface area contributed by atoms with E-state index in [1.807, 2.05) is 0 Å². The smallest absolute Gasteiger partial charge is 0.159 e. The molecule has 1 atom stereocenters. The molecule has 2 aliphatic rings. The lowest BCUT2D eigenvalue weighted by atomic mass is 9.78. The van der Waals surface area contributed by atoms with Gasteiger partial charge in [-0.05, 0) is 134 Å². The van der Waals surface area contributed by atoms with E-state index in [1.165, 1.54) is 71.3 Å². The Morgan fingerprint density at radius 1 is 0.438 bits per heavy atom. The van der Waals surface area contributed by atoms with E-state index in [4.69, 9.17) is 9.15 Å². The number of furan rings is 1. The van der Waals surface area contributed by atoms with E-state index in [1.54, 1.807) is 0 Å². The van der Waals surface area contributed by atoms with Crippen LogP contribution in [-0.4, -0.2) is 0 Å². The minimum atomic E-state index is -0.208. The summed E-state index contributed by atoms with van der Waals surface area (Å²) in [6, 6.07) is 78.6. The van der Waals surface area contributed by atoms with Gasteiger partial charge in [0.15, 0.2) is 5.58 Å². The number of fused-ring (bicyclic) bond motifs is 6. The number of hydrogen-bond donors (Lipinski definition) is 0. The van der Waals surface area contributed by atoms with Gasteiger partial charge in [0, 0.05) is 49.3 Å². The Morgan fingerprint density at radius 2 is 0.925 bits per heavy atom. The second kappa shape index (κ2) is 18.9. The molecule has 14 rings (SSSR count). The number of para-hydroxylation sites is 3. The molecule has 392 valence electrons. The number of nitrogens with zero attached hydrogens (tertiary/aromatic N) is 2. The number of rotatable bonds is 12. The van der Waals surface area contributed by atoms with Gasteiger partial charge < -0.3 is 19.0 Å². The van der Waals surface area contributed by atoms with Crippen molar-refractivity contribution in [2.45, 2.75) is 90.4 Å². The molecule has 2 heterocycles. The number of anilines is 5. The van der Waals surface area contributed by atoms with Gasteiger partial charge in [-0.2, -0.15) is 0 Å². The Bertz CT molecular complexity index is 4410. The van der Waals surface area contributed by atoms with Crippen molar-refractivity contribution in [1.29, 1.82) is 0 Å². The van der Waals surface area contributed by atoms with Gasteiger partial charge >= 0.3 is 0 Å². The summed E-state index contributed by atoms with van der Waals surface area (Å²) in [5, 5.41) is 9.69. The van der Waals surface area contributed by atoms with Crippen LogP contribution in [0.15, 0.2) is 240 Å². The van der Waals surface area contributed by atoms with Crippen LogP contribution in [0.4, 0.5) is 28.4 Å². The van der Waals surface area contributed by atoms with Gasteiger partial charge in [-0.25, -0.2) is 0 Å². The maximum atomic E-state index is 7.03. The fourth-order valence-electron chi connectivity index (χ4n) is 13.4. The van der Waals surface area contributed by atoms with Crippen LogP contribution in [-0.2, 0) is 10.8 Å². The summed E-state index contributed by atoms with van der Waals surface area (Å²) >= 11 is 0. The lowest BCUT2D eigenvalue weighted by Gasteiger charge is -2.34. The zero-order valence-corrected chi connectivity index (χ0v) is 47.0. The first kappa shape index (κ1) is 49.4. The predicted octanol–water partition coefficient (Wildman–Crippen LogP) is 21.3. The van der Waals surface area contributed by atoms with Gasteiger partial charge in [-0.3, -0.25) is 0 Å². The molecule has 0 saturated carbocycles. The monoisotopic (exact) mass is 1040 g/mol. The normalized spacial score (nSPS) is 14.6. The maximum absolute atomic E-state index is 7.03. The van der Waals surface area contributed by atoms with Crippen LogP contribution in [0.25, 0.3) is 54.3 Å². The van der Waals surface area contributed by atoms with E-state index in [2.05, 4.69) is 290 Å². The van der Waals surface area contributed by atoms with E-state index < -0.39 is 0 Å². The Hall–Kier alpha value is -8.86. The average molecular weight is 1040 g/mol. The lowest BCUT2D eigenvalue weighted by Crippen LogP contribution is -2.23. The van der Waals surface area contributed by atoms with Crippen molar-refractivity contribution in [2.24, 2.45) is 0 Å². The van der Waals surface area contributed by atoms with Crippen LogP contribution >= 0.6 is 0 Å². The second-order valence-corrected chi connectivity index (χ2v) is 23.9. The summed E-state index contributed by atoms with van der Waals surface area (Å²) in [4.78, 5) is 4.99. The molecule has 0 amide bonds. The third kappa shape index (κ3) is 7.78. The topological polar surface area (TPSA) is 28.9 Å². The molecule has 0 radical (unpaired) electrons. The summed E-state index contributed by atoms with van der Waals surface area (Å²) in [6.45, 7) is 18.7.